The first-order valence-corrected chi connectivity index (χ1v) is 5.02. The molecular weight excluding hydrogens is 233 g/mol. The summed E-state index contributed by atoms with van der Waals surface area (Å²) >= 11 is 5.64. The average Bonchev–Trinajstić information content (AvgIpc) is 2.26. The molecule has 0 bridgehead atoms. The summed E-state index contributed by atoms with van der Waals surface area (Å²) in [6.07, 6.45) is 0. The number of nitrogens with two attached hydrogens (primary N) is 1. The van der Waals surface area contributed by atoms with Gasteiger partial charge in [0.05, 0.1) is 18.7 Å². The van der Waals surface area contributed by atoms with E-state index in [2.05, 4.69) is 10.4 Å². The van der Waals surface area contributed by atoms with Gasteiger partial charge in [0.1, 0.15) is 11.7 Å². The van der Waals surface area contributed by atoms with Crippen molar-refractivity contribution in [1.82, 2.24) is 5.43 Å². The molecule has 1 aromatic rings. The first-order chi connectivity index (χ1) is 7.69. The average molecular weight is 246 g/mol. The second-order valence-electron chi connectivity index (χ2n) is 2.99. The lowest BCUT2D eigenvalue weighted by Gasteiger charge is -2.07. The Morgan fingerprint density at radius 1 is 1.62 bits per heavy atom. The summed E-state index contributed by atoms with van der Waals surface area (Å²) in [4.78, 5) is 4.07. The molecule has 0 aromatic heterocycles. The fraction of sp³-hybridized carbons (Fsp3) is 0.300. The number of aliphatic imine (C=N–C) groups is 1. The Kier molecular flexibility index (Phi) is 5.18. The lowest BCUT2D eigenvalue weighted by Crippen LogP contribution is -2.32. The lowest BCUT2D eigenvalue weighted by molar-refractivity contribution is 0.208. The maximum absolute atomic E-state index is 13.5. The van der Waals surface area contributed by atoms with Gasteiger partial charge in [-0.15, -0.1) is 0 Å². The molecule has 0 saturated heterocycles. The van der Waals surface area contributed by atoms with E-state index in [-0.39, 0.29) is 11.4 Å². The highest BCUT2D eigenvalue weighted by molar-refractivity contribution is 6.30. The fourth-order valence-corrected chi connectivity index (χ4v) is 1.30. The minimum absolute atomic E-state index is 0.270. The van der Waals surface area contributed by atoms with Crippen molar-refractivity contribution in [3.8, 4) is 0 Å². The third-order valence-electron chi connectivity index (χ3n) is 1.89. The summed E-state index contributed by atoms with van der Waals surface area (Å²) in [6.45, 7) is 0.846. The van der Waals surface area contributed by atoms with Crippen molar-refractivity contribution < 1.29 is 9.13 Å². The van der Waals surface area contributed by atoms with Crippen LogP contribution in [0.3, 0.4) is 0 Å². The Hall–Kier alpha value is -1.17. The zero-order chi connectivity index (χ0) is 12.0. The van der Waals surface area contributed by atoms with Crippen LogP contribution in [0, 0.1) is 5.82 Å². The second kappa shape index (κ2) is 6.42. The van der Waals surface area contributed by atoms with Gasteiger partial charge in [0.2, 0.25) is 0 Å². The van der Waals surface area contributed by atoms with Gasteiger partial charge in [-0.3, -0.25) is 4.99 Å². The second-order valence-corrected chi connectivity index (χ2v) is 3.43. The van der Waals surface area contributed by atoms with Crippen LogP contribution in [0.2, 0.25) is 5.02 Å². The van der Waals surface area contributed by atoms with E-state index in [0.29, 0.717) is 18.2 Å². The van der Waals surface area contributed by atoms with E-state index in [1.54, 1.807) is 13.2 Å². The SMILES string of the molecule is COCCN=C(NN)c1ccc(Cl)cc1F. The largest absolute Gasteiger partial charge is 0.383 e. The summed E-state index contributed by atoms with van der Waals surface area (Å²) < 4.78 is 18.3. The third-order valence-corrected chi connectivity index (χ3v) is 2.12. The monoisotopic (exact) mass is 245 g/mol. The van der Waals surface area contributed by atoms with Crippen LogP contribution in [-0.2, 0) is 4.74 Å². The number of ether oxygens (including phenoxy) is 1. The molecule has 0 aliphatic rings. The maximum Gasteiger partial charge on any atom is 0.145 e. The number of rotatable bonds is 4. The molecule has 16 heavy (non-hydrogen) atoms. The van der Waals surface area contributed by atoms with E-state index in [9.17, 15) is 4.39 Å². The van der Waals surface area contributed by atoms with Crippen molar-refractivity contribution in [3.63, 3.8) is 0 Å². The van der Waals surface area contributed by atoms with Gasteiger partial charge in [-0.25, -0.2) is 10.2 Å². The van der Waals surface area contributed by atoms with Crippen LogP contribution in [0.5, 0.6) is 0 Å². The van der Waals surface area contributed by atoms with Crippen LogP contribution in [0.1, 0.15) is 5.56 Å². The predicted octanol–water partition coefficient (Wildman–Crippen LogP) is 1.34. The third kappa shape index (κ3) is 3.44. The quantitative estimate of drug-likeness (QED) is 0.277. The molecule has 0 saturated carbocycles. The zero-order valence-corrected chi connectivity index (χ0v) is 9.59. The molecule has 6 heteroatoms. The molecule has 0 unspecified atom stereocenters. The number of hydrogen-bond donors (Lipinski definition) is 2. The number of nitrogens with one attached hydrogen (secondary N) is 1. The van der Waals surface area contributed by atoms with Gasteiger partial charge in [0.15, 0.2) is 0 Å². The van der Waals surface area contributed by atoms with Crippen molar-refractivity contribution in [2.45, 2.75) is 0 Å². The number of hydrazine groups is 1. The molecule has 3 N–H and O–H groups in total. The molecule has 0 atom stereocenters. The Morgan fingerprint density at radius 2 is 2.38 bits per heavy atom. The maximum atomic E-state index is 13.5. The highest BCUT2D eigenvalue weighted by Gasteiger charge is 2.08. The molecule has 4 nitrogen and oxygen atoms in total. The molecule has 0 spiro atoms. The van der Waals surface area contributed by atoms with Crippen molar-refractivity contribution in [2.75, 3.05) is 20.3 Å². The molecular formula is C10H13ClFN3O. The van der Waals surface area contributed by atoms with Crippen molar-refractivity contribution in [1.29, 1.82) is 0 Å². The van der Waals surface area contributed by atoms with Gasteiger partial charge in [0, 0.05) is 12.1 Å². The van der Waals surface area contributed by atoms with Crippen LogP contribution in [-0.4, -0.2) is 26.1 Å². The Labute approximate surface area is 98.2 Å². The molecule has 0 radical (unpaired) electrons. The Morgan fingerprint density at radius 3 is 2.94 bits per heavy atom. The van der Waals surface area contributed by atoms with Crippen LogP contribution >= 0.6 is 11.6 Å². The van der Waals surface area contributed by atoms with Crippen molar-refractivity contribution >= 4 is 17.4 Å². The number of methoxy groups -OCH3 is 1. The Balaban J connectivity index is 2.90. The van der Waals surface area contributed by atoms with Gasteiger partial charge >= 0.3 is 0 Å². The van der Waals surface area contributed by atoms with E-state index in [1.807, 2.05) is 0 Å². The van der Waals surface area contributed by atoms with Gasteiger partial charge in [-0.05, 0) is 18.2 Å². The number of halogens is 2. The highest BCUT2D eigenvalue weighted by Crippen LogP contribution is 2.14. The van der Waals surface area contributed by atoms with Gasteiger partial charge in [-0.2, -0.15) is 0 Å². The predicted molar refractivity (Wildman–Crippen MR) is 62.0 cm³/mol. The van der Waals surface area contributed by atoms with Gasteiger partial charge in [0.25, 0.3) is 0 Å². The standard InChI is InChI=1S/C10H13ClFN3O/c1-16-5-4-14-10(15-13)8-3-2-7(11)6-9(8)12/h2-3,6H,4-5,13H2,1H3,(H,14,15). The smallest absolute Gasteiger partial charge is 0.145 e. The number of nitrogens with zero attached hydrogens (tertiary/aromatic N) is 1. The zero-order valence-electron chi connectivity index (χ0n) is 8.84. The van der Waals surface area contributed by atoms with E-state index in [4.69, 9.17) is 22.2 Å². The Bertz CT molecular complexity index is 384. The first kappa shape index (κ1) is 12.9. The highest BCUT2D eigenvalue weighted by atomic mass is 35.5. The van der Waals surface area contributed by atoms with E-state index >= 15 is 0 Å². The number of hydrogen-bond acceptors (Lipinski definition) is 3. The molecule has 1 aromatic carbocycles. The summed E-state index contributed by atoms with van der Waals surface area (Å²) in [7, 11) is 1.56. The molecule has 0 fully saturated rings. The number of amidine groups is 1. The van der Waals surface area contributed by atoms with E-state index in [1.165, 1.54) is 12.1 Å². The van der Waals surface area contributed by atoms with E-state index in [0.717, 1.165) is 0 Å². The van der Waals surface area contributed by atoms with Crippen molar-refractivity contribution in [3.05, 3.63) is 34.6 Å². The van der Waals surface area contributed by atoms with Crippen LogP contribution < -0.4 is 11.3 Å². The normalized spacial score (nSPS) is 11.6. The minimum atomic E-state index is -0.471. The molecule has 0 amide bonds. The molecule has 1 rings (SSSR count). The minimum Gasteiger partial charge on any atom is -0.383 e. The topological polar surface area (TPSA) is 59.6 Å². The van der Waals surface area contributed by atoms with Crippen LogP contribution in [0.4, 0.5) is 4.39 Å². The fourth-order valence-electron chi connectivity index (χ4n) is 1.14. The summed E-state index contributed by atoms with van der Waals surface area (Å²) in [5.74, 6) is 5.07. The molecule has 0 aliphatic carbocycles. The first-order valence-electron chi connectivity index (χ1n) is 4.64. The van der Waals surface area contributed by atoms with Gasteiger partial charge in [-0.1, -0.05) is 11.6 Å². The number of benzene rings is 1. The molecule has 0 heterocycles. The van der Waals surface area contributed by atoms with Crippen LogP contribution in [0.25, 0.3) is 0 Å². The summed E-state index contributed by atoms with van der Waals surface area (Å²) in [6, 6.07) is 4.30. The van der Waals surface area contributed by atoms with Crippen molar-refractivity contribution in [2.24, 2.45) is 10.8 Å². The summed E-state index contributed by atoms with van der Waals surface area (Å²) in [5, 5.41) is 0.328. The molecule has 0 aliphatic heterocycles. The lowest BCUT2D eigenvalue weighted by atomic mass is 10.2. The van der Waals surface area contributed by atoms with E-state index < -0.39 is 5.82 Å². The van der Waals surface area contributed by atoms with Gasteiger partial charge < -0.3 is 10.2 Å². The summed E-state index contributed by atoms with van der Waals surface area (Å²) in [5.41, 5.74) is 2.63. The van der Waals surface area contributed by atoms with Crippen LogP contribution in [0.15, 0.2) is 23.2 Å². The molecule has 88 valence electrons.